The minimum Gasteiger partial charge on any atom is -0.454 e. The van der Waals surface area contributed by atoms with Crippen molar-refractivity contribution in [3.63, 3.8) is 0 Å². The van der Waals surface area contributed by atoms with Crippen LogP contribution in [0.2, 0.25) is 0 Å². The number of para-hydroxylation sites is 1. The smallest absolute Gasteiger partial charge is 0.321 e. The van der Waals surface area contributed by atoms with Gasteiger partial charge in [0, 0.05) is 28.8 Å². The number of nitrogen functional groups attached to an aromatic ring is 1. The zero-order valence-corrected chi connectivity index (χ0v) is 14.8. The van der Waals surface area contributed by atoms with E-state index in [0.717, 1.165) is 0 Å². The molecule has 1 aliphatic rings. The van der Waals surface area contributed by atoms with Crippen LogP contribution in [0.15, 0.2) is 72.8 Å². The molecule has 4 rings (SSSR count). The minimum absolute atomic E-state index is 0.130. The summed E-state index contributed by atoms with van der Waals surface area (Å²) in [5.41, 5.74) is 7.85. The normalized spacial score (nSPS) is 11.7. The van der Waals surface area contributed by atoms with Gasteiger partial charge in [-0.3, -0.25) is 14.5 Å². The monoisotopic (exact) mass is 375 g/mol. The number of ether oxygens (including phenoxy) is 2. The van der Waals surface area contributed by atoms with Crippen LogP contribution < -0.4 is 25.4 Å². The Kier molecular flexibility index (Phi) is 4.55. The third-order valence-electron chi connectivity index (χ3n) is 4.19. The summed E-state index contributed by atoms with van der Waals surface area (Å²) in [4.78, 5) is 27.0. The molecule has 0 unspecified atom stereocenters. The Morgan fingerprint density at radius 3 is 2.29 bits per heavy atom. The Bertz CT molecular complexity index is 1020. The molecule has 0 saturated heterocycles. The van der Waals surface area contributed by atoms with Crippen molar-refractivity contribution >= 4 is 34.6 Å². The first-order valence-electron chi connectivity index (χ1n) is 8.57. The van der Waals surface area contributed by atoms with E-state index in [1.54, 1.807) is 66.7 Å². The summed E-state index contributed by atoms with van der Waals surface area (Å²) in [6.45, 7) is 0.130. The highest BCUT2D eigenvalue weighted by atomic mass is 16.7. The number of hydrogen-bond donors (Lipinski definition) is 2. The lowest BCUT2D eigenvalue weighted by molar-refractivity contribution is -0.134. The molecule has 3 N–H and O–H groups in total. The highest BCUT2D eigenvalue weighted by Gasteiger charge is 2.25. The third-order valence-corrected chi connectivity index (χ3v) is 4.19. The number of nitrogens with zero attached hydrogens (tertiary/aromatic N) is 1. The summed E-state index contributed by atoms with van der Waals surface area (Å²) in [7, 11) is 0. The van der Waals surface area contributed by atoms with E-state index in [0.29, 0.717) is 34.2 Å². The van der Waals surface area contributed by atoms with Gasteiger partial charge in [-0.25, -0.2) is 0 Å². The van der Waals surface area contributed by atoms with E-state index in [-0.39, 0.29) is 6.79 Å². The Morgan fingerprint density at radius 2 is 1.54 bits per heavy atom. The molecule has 0 aromatic heterocycles. The predicted molar refractivity (Wildman–Crippen MR) is 106 cm³/mol. The standard InChI is InChI=1S/C21H17N3O4/c22-14-6-9-17(10-7-14)24(16-4-2-1-3-5-16)21(26)20(25)23-15-8-11-18-19(12-15)28-13-27-18/h1-12H,13,22H2,(H,23,25). The van der Waals surface area contributed by atoms with Crippen molar-refractivity contribution in [3.8, 4) is 11.5 Å². The molecule has 0 saturated carbocycles. The highest BCUT2D eigenvalue weighted by molar-refractivity contribution is 6.45. The molecule has 0 aliphatic carbocycles. The van der Waals surface area contributed by atoms with Gasteiger partial charge in [-0.15, -0.1) is 0 Å². The maximum atomic E-state index is 13.0. The lowest BCUT2D eigenvalue weighted by Gasteiger charge is -2.22. The number of carbonyl (C=O) groups excluding carboxylic acids is 2. The Labute approximate surface area is 161 Å². The Balaban J connectivity index is 1.61. The molecule has 140 valence electrons. The summed E-state index contributed by atoms with van der Waals surface area (Å²) >= 11 is 0. The van der Waals surface area contributed by atoms with Crippen LogP contribution >= 0.6 is 0 Å². The molecular formula is C21H17N3O4. The van der Waals surface area contributed by atoms with E-state index in [1.807, 2.05) is 6.07 Å². The first kappa shape index (κ1) is 17.4. The maximum Gasteiger partial charge on any atom is 0.321 e. The second-order valence-electron chi connectivity index (χ2n) is 6.09. The predicted octanol–water partition coefficient (Wildman–Crippen LogP) is 3.30. The number of benzene rings is 3. The van der Waals surface area contributed by atoms with Crippen LogP contribution in [-0.4, -0.2) is 18.6 Å². The topological polar surface area (TPSA) is 93.9 Å². The average Bonchev–Trinajstić information content (AvgIpc) is 3.18. The fraction of sp³-hybridized carbons (Fsp3) is 0.0476. The average molecular weight is 375 g/mol. The number of amides is 2. The summed E-state index contributed by atoms with van der Waals surface area (Å²) in [6.07, 6.45) is 0. The van der Waals surface area contributed by atoms with Gasteiger partial charge in [-0.05, 0) is 48.5 Å². The van der Waals surface area contributed by atoms with Gasteiger partial charge in [-0.1, -0.05) is 18.2 Å². The summed E-state index contributed by atoms with van der Waals surface area (Å²) in [6, 6.07) is 20.6. The van der Waals surface area contributed by atoms with Crippen molar-refractivity contribution in [1.82, 2.24) is 0 Å². The molecule has 2 amide bonds. The van der Waals surface area contributed by atoms with Crippen molar-refractivity contribution in [2.45, 2.75) is 0 Å². The van der Waals surface area contributed by atoms with Crippen LogP contribution in [0.1, 0.15) is 0 Å². The van der Waals surface area contributed by atoms with Crippen LogP contribution in [-0.2, 0) is 9.59 Å². The van der Waals surface area contributed by atoms with Crippen molar-refractivity contribution in [2.75, 3.05) is 22.7 Å². The van der Waals surface area contributed by atoms with Crippen LogP contribution in [0, 0.1) is 0 Å². The molecule has 0 bridgehead atoms. The fourth-order valence-electron chi connectivity index (χ4n) is 2.84. The van der Waals surface area contributed by atoms with Gasteiger partial charge in [-0.2, -0.15) is 0 Å². The molecule has 1 aliphatic heterocycles. The number of hydrogen-bond acceptors (Lipinski definition) is 5. The molecule has 3 aromatic rings. The molecule has 7 nitrogen and oxygen atoms in total. The number of nitrogens with one attached hydrogen (secondary N) is 1. The molecule has 0 fully saturated rings. The molecule has 7 heteroatoms. The lowest BCUT2D eigenvalue weighted by atomic mass is 10.2. The summed E-state index contributed by atoms with van der Waals surface area (Å²) in [5.74, 6) is -0.394. The van der Waals surface area contributed by atoms with Crippen molar-refractivity contribution < 1.29 is 19.1 Å². The first-order chi connectivity index (χ1) is 13.6. The molecule has 28 heavy (non-hydrogen) atoms. The first-order valence-corrected chi connectivity index (χ1v) is 8.57. The largest absolute Gasteiger partial charge is 0.454 e. The highest BCUT2D eigenvalue weighted by Crippen LogP contribution is 2.34. The fourth-order valence-corrected chi connectivity index (χ4v) is 2.84. The molecular weight excluding hydrogens is 358 g/mol. The Morgan fingerprint density at radius 1 is 0.857 bits per heavy atom. The van der Waals surface area contributed by atoms with E-state index in [4.69, 9.17) is 15.2 Å². The van der Waals surface area contributed by atoms with E-state index in [1.165, 1.54) is 4.90 Å². The van der Waals surface area contributed by atoms with Crippen molar-refractivity contribution in [2.24, 2.45) is 0 Å². The molecule has 0 spiro atoms. The molecule has 0 atom stereocenters. The van der Waals surface area contributed by atoms with Gasteiger partial charge in [0.05, 0.1) is 0 Å². The van der Waals surface area contributed by atoms with Gasteiger partial charge >= 0.3 is 11.8 Å². The van der Waals surface area contributed by atoms with E-state index >= 15 is 0 Å². The maximum absolute atomic E-state index is 13.0. The number of rotatable bonds is 3. The van der Waals surface area contributed by atoms with Gasteiger partial charge in [0.1, 0.15) is 0 Å². The van der Waals surface area contributed by atoms with Crippen LogP contribution in [0.4, 0.5) is 22.7 Å². The van der Waals surface area contributed by atoms with Gasteiger partial charge < -0.3 is 20.5 Å². The lowest BCUT2D eigenvalue weighted by Crippen LogP contribution is -2.36. The van der Waals surface area contributed by atoms with E-state index < -0.39 is 11.8 Å². The van der Waals surface area contributed by atoms with Gasteiger partial charge in [0.2, 0.25) is 6.79 Å². The molecule has 0 radical (unpaired) electrons. The van der Waals surface area contributed by atoms with Crippen LogP contribution in [0.25, 0.3) is 0 Å². The summed E-state index contributed by atoms with van der Waals surface area (Å²) in [5, 5.41) is 2.61. The quantitative estimate of drug-likeness (QED) is 0.541. The van der Waals surface area contributed by atoms with Gasteiger partial charge in [0.15, 0.2) is 11.5 Å². The minimum atomic E-state index is -0.778. The SMILES string of the molecule is Nc1ccc(N(C(=O)C(=O)Nc2ccc3c(c2)OCO3)c2ccccc2)cc1. The van der Waals surface area contributed by atoms with Crippen molar-refractivity contribution in [1.29, 1.82) is 0 Å². The van der Waals surface area contributed by atoms with E-state index in [9.17, 15) is 9.59 Å². The van der Waals surface area contributed by atoms with E-state index in [2.05, 4.69) is 5.32 Å². The number of nitrogens with two attached hydrogens (primary N) is 1. The number of carbonyl (C=O) groups is 2. The molecule has 3 aromatic carbocycles. The Hall–Kier alpha value is -4.00. The molecule has 1 heterocycles. The zero-order chi connectivity index (χ0) is 19.5. The summed E-state index contributed by atoms with van der Waals surface area (Å²) < 4.78 is 10.5. The number of fused-ring (bicyclic) bond motifs is 1. The van der Waals surface area contributed by atoms with Crippen molar-refractivity contribution in [3.05, 3.63) is 72.8 Å². The van der Waals surface area contributed by atoms with Gasteiger partial charge in [0.25, 0.3) is 0 Å². The second kappa shape index (κ2) is 7.32. The van der Waals surface area contributed by atoms with Crippen LogP contribution in [0.5, 0.6) is 11.5 Å². The van der Waals surface area contributed by atoms with Crippen LogP contribution in [0.3, 0.4) is 0 Å². The zero-order valence-electron chi connectivity index (χ0n) is 14.8. The number of anilines is 4. The third kappa shape index (κ3) is 3.45. The second-order valence-corrected chi connectivity index (χ2v) is 6.09.